The highest BCUT2D eigenvalue weighted by molar-refractivity contribution is 5.92. The average Bonchev–Trinajstić information content (AvgIpc) is 1.67. The summed E-state index contributed by atoms with van der Waals surface area (Å²) in [5.41, 5.74) is 14.6. The lowest BCUT2D eigenvalue weighted by molar-refractivity contribution is 0.0941. The van der Waals surface area contributed by atoms with Crippen LogP contribution in [0.1, 0.15) is 109 Å². The molecule has 548 valence electrons. The Morgan fingerprint density at radius 2 is 0.879 bits per heavy atom. The second-order valence-corrected chi connectivity index (χ2v) is 25.3. The van der Waals surface area contributed by atoms with Gasteiger partial charge < -0.3 is 49.2 Å². The number of aromatic nitrogens is 8. The molecular formula is C86H86F4N12O5. The maximum atomic E-state index is 13.6. The number of H-pyrrole nitrogens is 1. The number of nitrogens with one attached hydrogen (secondary N) is 5. The van der Waals surface area contributed by atoms with Crippen LogP contribution in [0.5, 0.6) is 23.0 Å². The van der Waals surface area contributed by atoms with Gasteiger partial charge in [-0.1, -0.05) is 155 Å². The van der Waals surface area contributed by atoms with Gasteiger partial charge in [0, 0.05) is 104 Å². The number of imidazole rings is 2. The van der Waals surface area contributed by atoms with Crippen LogP contribution in [0.4, 0.5) is 17.6 Å². The fourth-order valence-electron chi connectivity index (χ4n) is 10.6. The van der Waals surface area contributed by atoms with Crippen LogP contribution in [-0.4, -0.2) is 44.8 Å². The van der Waals surface area contributed by atoms with E-state index in [0.717, 1.165) is 79.2 Å². The van der Waals surface area contributed by atoms with Gasteiger partial charge in [-0.25, -0.2) is 27.5 Å². The molecule has 0 saturated carbocycles. The van der Waals surface area contributed by atoms with Gasteiger partial charge in [0.15, 0.2) is 0 Å². The smallest absolute Gasteiger partial charge is 0.269 e. The number of hydrogen-bond donors (Lipinski definition) is 5. The number of amides is 1. The van der Waals surface area contributed by atoms with E-state index in [-0.39, 0.29) is 55.6 Å². The third-order valence-corrected chi connectivity index (χ3v) is 17.0. The number of carbonyl (C=O) groups is 1. The lowest BCUT2D eigenvalue weighted by Gasteiger charge is -2.12. The van der Waals surface area contributed by atoms with E-state index < -0.39 is 0 Å². The van der Waals surface area contributed by atoms with E-state index in [1.54, 1.807) is 109 Å². The van der Waals surface area contributed by atoms with Crippen LogP contribution in [0.2, 0.25) is 0 Å². The summed E-state index contributed by atoms with van der Waals surface area (Å²) in [6.45, 7) is 23.3. The number of aryl methyl sites for hydroxylation is 4. The molecule has 5 aromatic heterocycles. The van der Waals surface area contributed by atoms with Crippen molar-refractivity contribution in [3.8, 4) is 23.0 Å². The number of halogens is 4. The molecule has 1 amide bonds. The summed E-state index contributed by atoms with van der Waals surface area (Å²) in [7, 11) is 3.70. The second-order valence-electron chi connectivity index (χ2n) is 25.3. The van der Waals surface area contributed by atoms with Gasteiger partial charge in [0.25, 0.3) is 5.91 Å². The van der Waals surface area contributed by atoms with E-state index in [9.17, 15) is 22.4 Å². The molecule has 0 bridgehead atoms. The van der Waals surface area contributed by atoms with Gasteiger partial charge in [0.2, 0.25) is 0 Å². The number of pyridine rings is 1. The summed E-state index contributed by atoms with van der Waals surface area (Å²) in [6.07, 6.45) is 7.59. The topological polar surface area (TPSA) is 184 Å². The van der Waals surface area contributed by atoms with E-state index in [4.69, 9.17) is 18.9 Å². The molecule has 0 aliphatic carbocycles. The molecule has 0 spiro atoms. The molecule has 0 saturated heterocycles. The quantitative estimate of drug-likeness (QED) is 0.0293. The van der Waals surface area contributed by atoms with Gasteiger partial charge in [0.05, 0.1) is 17.1 Å². The van der Waals surface area contributed by atoms with Crippen LogP contribution in [0.3, 0.4) is 0 Å². The zero-order valence-corrected chi connectivity index (χ0v) is 60.6. The third-order valence-electron chi connectivity index (χ3n) is 17.0. The zero-order valence-electron chi connectivity index (χ0n) is 60.6. The Hall–Kier alpha value is -12.9. The standard InChI is InChI=1S/C23H20FN3O.C22H24FN3O.C21H22FN3O.C20H20FN3O2/c1-17(21-6-4-13-27-14-12-25-23(21)27)26-15-18-8-10-20(11-9-18)28-16-19-5-2-3-7-22(19)24;1-15(2)21-12-22(26-25-21)16(3)24-13-17-8-10-19(11-9-17)27-14-18-6-4-5-7-20(18)23;1-15(21-13-25(3)16(2)24-21)23-12-17-8-10-19(11-9-17)26-14-18-6-4-5-7-20(18)22;1-14-11-19(24(2)23-14)20(25)22-12-15-7-9-17(10-8-15)26-13-16-5-3-4-6-18(16)21/h2-14,26H,1,15-16H2;4-12,15,24H,3,13-14H2,1-2H3,(H,25,26);4-11,13,23H,1,12,14H2,2-3H3;3-11H,12-13H2,1-2H3,(H,22,25). The minimum Gasteiger partial charge on any atom is -0.489 e. The van der Waals surface area contributed by atoms with Crippen molar-refractivity contribution < 1.29 is 41.3 Å². The fraction of sp³-hybridized carbons (Fsp3) is 0.174. The minimum atomic E-state index is -0.280. The molecule has 107 heavy (non-hydrogen) atoms. The predicted octanol–water partition coefficient (Wildman–Crippen LogP) is 17.4. The van der Waals surface area contributed by atoms with Gasteiger partial charge in [-0.2, -0.15) is 10.2 Å². The molecule has 21 heteroatoms. The van der Waals surface area contributed by atoms with E-state index in [1.807, 2.05) is 152 Å². The summed E-state index contributed by atoms with van der Waals surface area (Å²) in [5.74, 6) is 2.88. The van der Waals surface area contributed by atoms with Crippen molar-refractivity contribution >= 4 is 28.6 Å². The number of hydrogen-bond acceptors (Lipinski definition) is 12. The average molecular weight is 1440 g/mol. The molecule has 0 atom stereocenters. The fourth-order valence-corrected chi connectivity index (χ4v) is 10.6. The molecule has 0 radical (unpaired) electrons. The number of fused-ring (bicyclic) bond motifs is 1. The van der Waals surface area contributed by atoms with Crippen molar-refractivity contribution in [1.29, 1.82) is 0 Å². The Bertz CT molecular complexity index is 5050. The van der Waals surface area contributed by atoms with E-state index >= 15 is 0 Å². The Balaban J connectivity index is 0.000000153. The molecule has 0 aliphatic heterocycles. The molecule has 8 aromatic carbocycles. The number of ether oxygens (including phenoxy) is 4. The number of benzene rings is 8. The first-order valence-corrected chi connectivity index (χ1v) is 34.6. The molecule has 5 heterocycles. The number of nitrogens with zero attached hydrogens (tertiary/aromatic N) is 7. The van der Waals surface area contributed by atoms with E-state index in [2.05, 4.69) is 80.1 Å². The first kappa shape index (κ1) is 76.7. The van der Waals surface area contributed by atoms with Gasteiger partial charge >= 0.3 is 0 Å². The highest BCUT2D eigenvalue weighted by atomic mass is 19.1. The summed E-state index contributed by atoms with van der Waals surface area (Å²) >= 11 is 0. The maximum absolute atomic E-state index is 13.6. The normalized spacial score (nSPS) is 10.7. The van der Waals surface area contributed by atoms with Gasteiger partial charge in [-0.15, -0.1) is 0 Å². The number of rotatable bonds is 28. The lowest BCUT2D eigenvalue weighted by Crippen LogP contribution is -2.25. The molecule has 0 aliphatic rings. The molecular weight excluding hydrogens is 1360 g/mol. The van der Waals surface area contributed by atoms with Crippen LogP contribution >= 0.6 is 0 Å². The summed E-state index contributed by atoms with van der Waals surface area (Å²) in [6, 6.07) is 64.6. The van der Waals surface area contributed by atoms with Gasteiger partial charge in [0.1, 0.15) is 101 Å². The lowest BCUT2D eigenvalue weighted by atomic mass is 10.1. The molecule has 17 nitrogen and oxygen atoms in total. The molecule has 0 fully saturated rings. The molecule has 13 rings (SSSR count). The summed E-state index contributed by atoms with van der Waals surface area (Å²) in [5, 5.41) is 24.3. The minimum absolute atomic E-state index is 0.169. The Kier molecular flexibility index (Phi) is 27.3. The summed E-state index contributed by atoms with van der Waals surface area (Å²) in [4.78, 5) is 21.0. The van der Waals surface area contributed by atoms with Crippen molar-refractivity contribution in [2.24, 2.45) is 14.1 Å². The number of aromatic amines is 1. The van der Waals surface area contributed by atoms with Crippen LogP contribution in [0.25, 0.3) is 22.7 Å². The van der Waals surface area contributed by atoms with Crippen LogP contribution in [0, 0.1) is 37.1 Å². The number of carbonyl (C=O) groups excluding carboxylic acids is 1. The molecule has 5 N–H and O–H groups in total. The van der Waals surface area contributed by atoms with Crippen LogP contribution < -0.4 is 40.2 Å². The second kappa shape index (κ2) is 38.0. The highest BCUT2D eigenvalue weighted by Gasteiger charge is 2.14. The van der Waals surface area contributed by atoms with E-state index in [1.165, 1.54) is 24.3 Å². The third kappa shape index (κ3) is 22.8. The highest BCUT2D eigenvalue weighted by Crippen LogP contribution is 2.24. The Morgan fingerprint density at radius 1 is 0.486 bits per heavy atom. The predicted molar refractivity (Wildman–Crippen MR) is 411 cm³/mol. The van der Waals surface area contributed by atoms with Gasteiger partial charge in [-0.3, -0.25) is 14.6 Å². The van der Waals surface area contributed by atoms with Crippen molar-refractivity contribution in [2.75, 3.05) is 0 Å². The van der Waals surface area contributed by atoms with Crippen molar-refractivity contribution in [3.05, 3.63) is 371 Å². The van der Waals surface area contributed by atoms with Crippen LogP contribution in [0.15, 0.2) is 263 Å². The SMILES string of the molecule is C=C(NCc1ccc(OCc2ccccc2F)cc1)c1cc(C(C)C)[nH]n1.C=C(NCc1ccc(OCc2ccccc2F)cc1)c1cccn2ccnc12.C=C(NCc1ccc(OCc2ccccc2F)cc1)c1cn(C)c(C)n1.Cc1cc(C(=O)NCc2ccc(OCc3ccccc3F)cc2)n(C)n1. The van der Waals surface area contributed by atoms with Crippen molar-refractivity contribution in [1.82, 2.24) is 60.2 Å². The van der Waals surface area contributed by atoms with Crippen LogP contribution in [-0.2, 0) is 66.7 Å². The first-order valence-electron chi connectivity index (χ1n) is 34.6. The Labute approximate surface area is 620 Å². The Morgan fingerprint density at radius 3 is 1.24 bits per heavy atom. The monoisotopic (exact) mass is 1440 g/mol. The molecule has 0 unspecified atom stereocenters. The van der Waals surface area contributed by atoms with Gasteiger partial charge in [-0.05, 0) is 139 Å². The zero-order chi connectivity index (χ0) is 75.6. The molecule has 13 aromatic rings. The van der Waals surface area contributed by atoms with Crippen molar-refractivity contribution in [3.63, 3.8) is 0 Å². The maximum Gasteiger partial charge on any atom is 0.269 e. The van der Waals surface area contributed by atoms with E-state index in [0.29, 0.717) is 83.0 Å². The summed E-state index contributed by atoms with van der Waals surface area (Å²) < 4.78 is 82.5. The largest absolute Gasteiger partial charge is 0.489 e. The van der Waals surface area contributed by atoms with Crippen molar-refractivity contribution in [2.45, 2.75) is 86.2 Å². The first-order chi connectivity index (χ1) is 51.8.